The molecule has 0 aromatic heterocycles. The summed E-state index contributed by atoms with van der Waals surface area (Å²) in [5.74, 6) is -0.823. The van der Waals surface area contributed by atoms with E-state index in [2.05, 4.69) is 16.0 Å². The van der Waals surface area contributed by atoms with Gasteiger partial charge in [-0.1, -0.05) is 12.1 Å². The van der Waals surface area contributed by atoms with Crippen LogP contribution in [0.2, 0.25) is 0 Å². The highest BCUT2D eigenvalue weighted by Crippen LogP contribution is 2.29. The second-order valence-electron chi connectivity index (χ2n) is 7.47. The zero-order valence-corrected chi connectivity index (χ0v) is 15.0. The largest absolute Gasteiger partial charge is 0.392 e. The summed E-state index contributed by atoms with van der Waals surface area (Å²) in [6.45, 7) is 2.38. The third-order valence-corrected chi connectivity index (χ3v) is 5.58. The Kier molecular flexibility index (Phi) is 4.94. The second-order valence-corrected chi connectivity index (χ2v) is 7.47. The van der Waals surface area contributed by atoms with Crippen LogP contribution in [0.3, 0.4) is 0 Å². The van der Waals surface area contributed by atoms with Crippen LogP contribution in [-0.4, -0.2) is 59.0 Å². The number of hydrogen-bond donors (Lipinski definition) is 4. The summed E-state index contributed by atoms with van der Waals surface area (Å²) in [6.07, 6.45) is 1.08. The number of amides is 3. The van der Waals surface area contributed by atoms with Gasteiger partial charge in [-0.3, -0.25) is 19.7 Å². The molecule has 27 heavy (non-hydrogen) atoms. The zero-order chi connectivity index (χ0) is 19.0. The van der Waals surface area contributed by atoms with Crippen LogP contribution in [-0.2, 0) is 22.7 Å². The molecule has 1 aromatic carbocycles. The molecule has 2 fully saturated rings. The Balaban J connectivity index is 1.43. The minimum absolute atomic E-state index is 0.151. The van der Waals surface area contributed by atoms with E-state index in [9.17, 15) is 19.5 Å². The zero-order valence-electron chi connectivity index (χ0n) is 15.0. The first kappa shape index (κ1) is 18.1. The number of carbonyl (C=O) groups is 3. The SMILES string of the molecule is O=C1CCC(N2Cc3c(CNC[C@H]4C[C@@H](O)CN4)cccc3C2=O)C(=O)N1. The highest BCUT2D eigenvalue weighted by molar-refractivity contribution is 6.05. The number of fused-ring (bicyclic) bond motifs is 1. The average molecular weight is 372 g/mol. The number of hydrogen-bond acceptors (Lipinski definition) is 6. The second kappa shape index (κ2) is 7.38. The predicted octanol–water partition coefficient (Wildman–Crippen LogP) is -0.740. The maximum Gasteiger partial charge on any atom is 0.255 e. The first-order valence-electron chi connectivity index (χ1n) is 9.40. The van der Waals surface area contributed by atoms with E-state index in [1.807, 2.05) is 12.1 Å². The topological polar surface area (TPSA) is 111 Å². The van der Waals surface area contributed by atoms with Gasteiger partial charge in [0.2, 0.25) is 11.8 Å². The number of rotatable bonds is 5. The lowest BCUT2D eigenvalue weighted by atomic mass is 10.0. The van der Waals surface area contributed by atoms with Gasteiger partial charge in [-0.25, -0.2) is 0 Å². The first-order valence-corrected chi connectivity index (χ1v) is 9.40. The Morgan fingerprint density at radius 2 is 2.11 bits per heavy atom. The number of aliphatic hydroxyl groups excluding tert-OH is 1. The van der Waals surface area contributed by atoms with Crippen molar-refractivity contribution in [2.45, 2.75) is 50.5 Å². The summed E-state index contributed by atoms with van der Waals surface area (Å²) >= 11 is 0. The van der Waals surface area contributed by atoms with Crippen LogP contribution in [0.25, 0.3) is 0 Å². The molecule has 0 aliphatic carbocycles. The summed E-state index contributed by atoms with van der Waals surface area (Å²) in [7, 11) is 0. The smallest absolute Gasteiger partial charge is 0.255 e. The van der Waals surface area contributed by atoms with Gasteiger partial charge < -0.3 is 20.6 Å². The van der Waals surface area contributed by atoms with Crippen LogP contribution in [0.15, 0.2) is 18.2 Å². The van der Waals surface area contributed by atoms with Crippen molar-refractivity contribution in [2.24, 2.45) is 0 Å². The molecule has 8 heteroatoms. The molecule has 0 spiro atoms. The van der Waals surface area contributed by atoms with Crippen LogP contribution in [0.1, 0.15) is 40.7 Å². The number of benzene rings is 1. The van der Waals surface area contributed by atoms with E-state index in [1.54, 1.807) is 11.0 Å². The molecule has 1 aromatic rings. The fourth-order valence-electron chi connectivity index (χ4n) is 4.15. The van der Waals surface area contributed by atoms with Gasteiger partial charge in [0, 0.05) is 44.2 Å². The number of nitrogens with one attached hydrogen (secondary N) is 3. The van der Waals surface area contributed by atoms with Gasteiger partial charge in [0.05, 0.1) is 6.10 Å². The quantitative estimate of drug-likeness (QED) is 0.507. The van der Waals surface area contributed by atoms with Crippen LogP contribution in [0.4, 0.5) is 0 Å². The Hall–Kier alpha value is -2.29. The lowest BCUT2D eigenvalue weighted by molar-refractivity contribution is -0.136. The molecule has 2 saturated heterocycles. The van der Waals surface area contributed by atoms with Crippen molar-refractivity contribution in [3.8, 4) is 0 Å². The van der Waals surface area contributed by atoms with Gasteiger partial charge in [0.15, 0.2) is 0 Å². The number of nitrogens with zero attached hydrogens (tertiary/aromatic N) is 1. The minimum atomic E-state index is -0.590. The summed E-state index contributed by atoms with van der Waals surface area (Å²) in [5.41, 5.74) is 2.61. The molecule has 0 radical (unpaired) electrons. The van der Waals surface area contributed by atoms with Gasteiger partial charge in [0.1, 0.15) is 6.04 Å². The molecule has 0 saturated carbocycles. The van der Waals surface area contributed by atoms with E-state index in [0.717, 1.165) is 24.1 Å². The molecule has 3 atom stereocenters. The van der Waals surface area contributed by atoms with E-state index in [4.69, 9.17) is 0 Å². The normalized spacial score (nSPS) is 27.8. The van der Waals surface area contributed by atoms with Crippen molar-refractivity contribution >= 4 is 17.7 Å². The first-order chi connectivity index (χ1) is 13.0. The van der Waals surface area contributed by atoms with E-state index in [1.165, 1.54) is 0 Å². The fraction of sp³-hybridized carbons (Fsp3) is 0.526. The van der Waals surface area contributed by atoms with E-state index in [0.29, 0.717) is 31.6 Å². The molecule has 144 valence electrons. The summed E-state index contributed by atoms with van der Waals surface area (Å²) in [6, 6.07) is 5.30. The standard InChI is InChI=1S/C19H24N4O4/c24-13-6-12(21-9-13)8-20-7-11-2-1-3-14-15(11)10-23(19(14)27)16-4-5-17(25)22-18(16)26/h1-3,12-13,16,20-21,24H,4-10H2,(H,22,25,26)/t12-,13-,16?/m1/s1. The lowest BCUT2D eigenvalue weighted by Gasteiger charge is -2.29. The van der Waals surface area contributed by atoms with Crippen molar-refractivity contribution in [3.05, 3.63) is 34.9 Å². The molecule has 3 amide bonds. The summed E-state index contributed by atoms with van der Waals surface area (Å²) in [4.78, 5) is 37.9. The molecule has 8 nitrogen and oxygen atoms in total. The molecule has 4 rings (SSSR count). The number of piperidine rings is 1. The Morgan fingerprint density at radius 3 is 2.85 bits per heavy atom. The highest BCUT2D eigenvalue weighted by atomic mass is 16.3. The molecule has 3 heterocycles. The highest BCUT2D eigenvalue weighted by Gasteiger charge is 2.39. The molecular weight excluding hydrogens is 348 g/mol. The third kappa shape index (κ3) is 3.60. The van der Waals surface area contributed by atoms with E-state index >= 15 is 0 Å². The third-order valence-electron chi connectivity index (χ3n) is 5.58. The molecule has 3 aliphatic rings. The van der Waals surface area contributed by atoms with Gasteiger partial charge >= 0.3 is 0 Å². The van der Waals surface area contributed by atoms with Crippen molar-refractivity contribution in [1.82, 2.24) is 20.9 Å². The van der Waals surface area contributed by atoms with Crippen molar-refractivity contribution in [2.75, 3.05) is 13.1 Å². The Bertz CT molecular complexity index is 781. The lowest BCUT2D eigenvalue weighted by Crippen LogP contribution is -2.52. The summed E-state index contributed by atoms with van der Waals surface area (Å²) in [5, 5.41) is 18.6. The Morgan fingerprint density at radius 1 is 1.26 bits per heavy atom. The van der Waals surface area contributed by atoms with E-state index in [-0.39, 0.29) is 30.4 Å². The van der Waals surface area contributed by atoms with Crippen LogP contribution in [0.5, 0.6) is 0 Å². The number of imide groups is 1. The average Bonchev–Trinajstić information content (AvgIpc) is 3.19. The molecule has 1 unspecified atom stereocenters. The number of aliphatic hydroxyl groups is 1. The molecule has 0 bridgehead atoms. The number of β-amino-alcohol motifs (C(OH)–C–C–N with tert-alkyl or cyclic N) is 1. The van der Waals surface area contributed by atoms with Crippen LogP contribution < -0.4 is 16.0 Å². The van der Waals surface area contributed by atoms with Crippen LogP contribution in [0, 0.1) is 0 Å². The predicted molar refractivity (Wildman–Crippen MR) is 96.6 cm³/mol. The maximum atomic E-state index is 12.8. The molecule has 4 N–H and O–H groups in total. The summed E-state index contributed by atoms with van der Waals surface area (Å²) < 4.78 is 0. The monoisotopic (exact) mass is 372 g/mol. The van der Waals surface area contributed by atoms with Gasteiger partial charge in [-0.05, 0) is 30.0 Å². The maximum absolute atomic E-state index is 12.8. The van der Waals surface area contributed by atoms with Crippen molar-refractivity contribution < 1.29 is 19.5 Å². The number of carbonyl (C=O) groups excluding carboxylic acids is 3. The van der Waals surface area contributed by atoms with Crippen LogP contribution >= 0.6 is 0 Å². The van der Waals surface area contributed by atoms with E-state index < -0.39 is 11.9 Å². The van der Waals surface area contributed by atoms with Crippen molar-refractivity contribution in [1.29, 1.82) is 0 Å². The minimum Gasteiger partial charge on any atom is -0.392 e. The molecule has 3 aliphatic heterocycles. The van der Waals surface area contributed by atoms with Crippen molar-refractivity contribution in [3.63, 3.8) is 0 Å². The Labute approximate surface area is 157 Å². The van der Waals surface area contributed by atoms with Gasteiger partial charge in [-0.2, -0.15) is 0 Å². The van der Waals surface area contributed by atoms with Gasteiger partial charge in [0.25, 0.3) is 5.91 Å². The fourth-order valence-corrected chi connectivity index (χ4v) is 4.15. The molecular formula is C19H24N4O4. The van der Waals surface area contributed by atoms with Gasteiger partial charge in [-0.15, -0.1) is 0 Å².